The molecule has 4 nitrogen and oxygen atoms in total. The molecule has 1 N–H and O–H groups in total. The van der Waals surface area contributed by atoms with Crippen LogP contribution in [0.25, 0.3) is 0 Å². The molecule has 80 valence electrons. The molecular formula is C9H15NO3S. The standard InChI is InChI=1S/C9H15NO3S/c1-2-3-6-14(12,13)7-9(11)10-8-4-5-8/h2-3,8H,4-7H2,1H3,(H,10,11)/b3-2+. The molecule has 0 aromatic rings. The van der Waals surface area contributed by atoms with Crippen LogP contribution in [-0.4, -0.2) is 31.9 Å². The Balaban J connectivity index is 2.36. The van der Waals surface area contributed by atoms with Gasteiger partial charge < -0.3 is 5.32 Å². The fourth-order valence-corrected chi connectivity index (χ4v) is 2.08. The van der Waals surface area contributed by atoms with Crippen molar-refractivity contribution in [1.82, 2.24) is 5.32 Å². The third kappa shape index (κ3) is 4.41. The summed E-state index contributed by atoms with van der Waals surface area (Å²) in [6.07, 6.45) is 5.15. The Morgan fingerprint density at radius 1 is 1.50 bits per heavy atom. The van der Waals surface area contributed by atoms with E-state index < -0.39 is 15.6 Å². The Kier molecular flexibility index (Phi) is 3.69. The van der Waals surface area contributed by atoms with E-state index in [4.69, 9.17) is 0 Å². The van der Waals surface area contributed by atoms with Crippen LogP contribution in [0.2, 0.25) is 0 Å². The summed E-state index contributed by atoms with van der Waals surface area (Å²) in [6, 6.07) is 0.222. The Morgan fingerprint density at radius 3 is 2.64 bits per heavy atom. The van der Waals surface area contributed by atoms with Crippen LogP contribution in [-0.2, 0) is 14.6 Å². The molecule has 1 aliphatic carbocycles. The number of rotatable bonds is 5. The molecule has 1 rings (SSSR count). The first kappa shape index (κ1) is 11.2. The molecule has 5 heteroatoms. The summed E-state index contributed by atoms with van der Waals surface area (Å²) in [5, 5.41) is 2.64. The lowest BCUT2D eigenvalue weighted by atomic mass is 10.6. The van der Waals surface area contributed by atoms with Gasteiger partial charge in [-0.25, -0.2) is 8.42 Å². The normalized spacial score (nSPS) is 17.2. The van der Waals surface area contributed by atoms with Gasteiger partial charge in [0.2, 0.25) is 5.91 Å². The zero-order valence-electron chi connectivity index (χ0n) is 8.19. The monoisotopic (exact) mass is 217 g/mol. The van der Waals surface area contributed by atoms with Crippen LogP contribution in [0.4, 0.5) is 0 Å². The van der Waals surface area contributed by atoms with Crippen molar-refractivity contribution >= 4 is 15.7 Å². The minimum absolute atomic E-state index is 0.0540. The van der Waals surface area contributed by atoms with Gasteiger partial charge in [-0.15, -0.1) is 0 Å². The van der Waals surface area contributed by atoms with Crippen molar-refractivity contribution in [2.45, 2.75) is 25.8 Å². The van der Waals surface area contributed by atoms with E-state index in [9.17, 15) is 13.2 Å². The topological polar surface area (TPSA) is 63.2 Å². The number of sulfone groups is 1. The first-order chi connectivity index (χ1) is 6.53. The molecular weight excluding hydrogens is 202 g/mol. The van der Waals surface area contributed by atoms with Crippen LogP contribution >= 0.6 is 0 Å². The molecule has 0 aliphatic heterocycles. The van der Waals surface area contributed by atoms with Crippen molar-refractivity contribution in [3.63, 3.8) is 0 Å². The first-order valence-electron chi connectivity index (χ1n) is 4.64. The molecule has 0 saturated heterocycles. The largest absolute Gasteiger partial charge is 0.352 e. The summed E-state index contributed by atoms with van der Waals surface area (Å²) in [4.78, 5) is 11.2. The first-order valence-corrected chi connectivity index (χ1v) is 6.46. The van der Waals surface area contributed by atoms with Crippen LogP contribution in [0.15, 0.2) is 12.2 Å². The molecule has 1 amide bonds. The van der Waals surface area contributed by atoms with Crippen LogP contribution < -0.4 is 5.32 Å². The van der Waals surface area contributed by atoms with Gasteiger partial charge in [0.05, 0.1) is 5.75 Å². The van der Waals surface area contributed by atoms with Crippen LogP contribution in [0.5, 0.6) is 0 Å². The van der Waals surface area contributed by atoms with Gasteiger partial charge in [0, 0.05) is 6.04 Å². The fourth-order valence-electron chi connectivity index (χ4n) is 0.999. The van der Waals surface area contributed by atoms with E-state index in [1.807, 2.05) is 0 Å². The van der Waals surface area contributed by atoms with Gasteiger partial charge in [-0.05, 0) is 19.8 Å². The van der Waals surface area contributed by atoms with Gasteiger partial charge in [0.25, 0.3) is 0 Å². The van der Waals surface area contributed by atoms with E-state index >= 15 is 0 Å². The Morgan fingerprint density at radius 2 is 2.14 bits per heavy atom. The van der Waals surface area contributed by atoms with Gasteiger partial charge >= 0.3 is 0 Å². The van der Waals surface area contributed by atoms with Crippen LogP contribution in [0, 0.1) is 0 Å². The maximum atomic E-state index is 11.3. The van der Waals surface area contributed by atoms with Crippen molar-refractivity contribution < 1.29 is 13.2 Å². The molecule has 0 heterocycles. The SMILES string of the molecule is C/C=C/CS(=O)(=O)CC(=O)NC1CC1. The summed E-state index contributed by atoms with van der Waals surface area (Å²) in [5.41, 5.74) is 0. The summed E-state index contributed by atoms with van der Waals surface area (Å²) < 4.78 is 22.6. The van der Waals surface area contributed by atoms with E-state index in [1.165, 1.54) is 0 Å². The highest BCUT2D eigenvalue weighted by molar-refractivity contribution is 7.92. The van der Waals surface area contributed by atoms with E-state index in [2.05, 4.69) is 5.32 Å². The molecule has 0 bridgehead atoms. The third-order valence-corrected chi connectivity index (χ3v) is 3.28. The lowest BCUT2D eigenvalue weighted by molar-refractivity contribution is -0.118. The van der Waals surface area contributed by atoms with Crippen molar-refractivity contribution in [2.24, 2.45) is 0 Å². The van der Waals surface area contributed by atoms with Gasteiger partial charge in [-0.2, -0.15) is 0 Å². The van der Waals surface area contributed by atoms with Crippen molar-refractivity contribution in [2.75, 3.05) is 11.5 Å². The second-order valence-corrected chi connectivity index (χ2v) is 5.57. The second kappa shape index (κ2) is 4.59. The molecule has 1 aliphatic rings. The summed E-state index contributed by atoms with van der Waals surface area (Å²) in [6.45, 7) is 1.75. The number of carbonyl (C=O) groups is 1. The lowest BCUT2D eigenvalue weighted by Crippen LogP contribution is -2.32. The molecule has 0 radical (unpaired) electrons. The highest BCUT2D eigenvalue weighted by Gasteiger charge is 2.25. The number of allylic oxidation sites excluding steroid dienone is 1. The molecule has 1 fully saturated rings. The van der Waals surface area contributed by atoms with Crippen LogP contribution in [0.3, 0.4) is 0 Å². The smallest absolute Gasteiger partial charge is 0.235 e. The molecule has 1 saturated carbocycles. The summed E-state index contributed by atoms with van der Waals surface area (Å²) in [7, 11) is -3.26. The molecule has 0 aromatic carbocycles. The fraction of sp³-hybridized carbons (Fsp3) is 0.667. The summed E-state index contributed by atoms with van der Waals surface area (Å²) >= 11 is 0. The van der Waals surface area contributed by atoms with Crippen molar-refractivity contribution in [3.05, 3.63) is 12.2 Å². The molecule has 14 heavy (non-hydrogen) atoms. The molecule has 0 unspecified atom stereocenters. The van der Waals surface area contributed by atoms with E-state index in [-0.39, 0.29) is 17.7 Å². The van der Waals surface area contributed by atoms with Gasteiger partial charge in [-0.1, -0.05) is 12.2 Å². The maximum Gasteiger partial charge on any atom is 0.235 e. The Labute approximate surface area is 84.3 Å². The number of hydrogen-bond donors (Lipinski definition) is 1. The minimum Gasteiger partial charge on any atom is -0.352 e. The quantitative estimate of drug-likeness (QED) is 0.672. The van der Waals surface area contributed by atoms with Crippen LogP contribution in [0.1, 0.15) is 19.8 Å². The molecule has 0 aromatic heterocycles. The predicted octanol–water partition coefficient (Wildman–Crippen LogP) is 0.256. The van der Waals surface area contributed by atoms with Gasteiger partial charge in [0.1, 0.15) is 5.75 Å². The Bertz CT molecular complexity index is 328. The second-order valence-electron chi connectivity index (χ2n) is 3.47. The Hall–Kier alpha value is -0.840. The van der Waals surface area contributed by atoms with E-state index in [1.54, 1.807) is 19.1 Å². The zero-order valence-corrected chi connectivity index (χ0v) is 9.01. The van der Waals surface area contributed by atoms with Crippen molar-refractivity contribution in [3.8, 4) is 0 Å². The third-order valence-electron chi connectivity index (χ3n) is 1.88. The van der Waals surface area contributed by atoms with E-state index in [0.29, 0.717) is 0 Å². The molecule has 0 atom stereocenters. The maximum absolute atomic E-state index is 11.3. The molecule has 0 spiro atoms. The zero-order chi connectivity index (χ0) is 10.6. The summed E-state index contributed by atoms with van der Waals surface area (Å²) in [5.74, 6) is -0.827. The number of nitrogens with one attached hydrogen (secondary N) is 1. The van der Waals surface area contributed by atoms with Gasteiger partial charge in [-0.3, -0.25) is 4.79 Å². The van der Waals surface area contributed by atoms with E-state index in [0.717, 1.165) is 12.8 Å². The number of hydrogen-bond acceptors (Lipinski definition) is 3. The average molecular weight is 217 g/mol. The number of amides is 1. The lowest BCUT2D eigenvalue weighted by Gasteiger charge is -2.02. The van der Waals surface area contributed by atoms with Gasteiger partial charge in [0.15, 0.2) is 9.84 Å². The average Bonchev–Trinajstić information content (AvgIpc) is 2.83. The minimum atomic E-state index is -3.26. The predicted molar refractivity (Wildman–Crippen MR) is 54.6 cm³/mol. The number of carbonyl (C=O) groups excluding carboxylic acids is 1. The van der Waals surface area contributed by atoms with Crippen molar-refractivity contribution in [1.29, 1.82) is 0 Å². The highest BCUT2D eigenvalue weighted by Crippen LogP contribution is 2.18. The highest BCUT2D eigenvalue weighted by atomic mass is 32.2.